The van der Waals surface area contributed by atoms with Crippen molar-refractivity contribution in [3.8, 4) is 0 Å². The predicted molar refractivity (Wildman–Crippen MR) is 118 cm³/mol. The minimum Gasteiger partial charge on any atom is -0.464 e. The van der Waals surface area contributed by atoms with Crippen LogP contribution in [0.1, 0.15) is 23.6 Å². The molecule has 0 bridgehead atoms. The molecule has 0 radical (unpaired) electrons. The smallest absolute Gasteiger partial charge is 0.310 e. The Hall–Kier alpha value is -3.61. The van der Waals surface area contributed by atoms with E-state index in [1.54, 1.807) is 12.1 Å². The van der Waals surface area contributed by atoms with Crippen molar-refractivity contribution in [2.75, 3.05) is 25.5 Å². The van der Waals surface area contributed by atoms with Gasteiger partial charge in [-0.3, -0.25) is 14.4 Å². The molecule has 0 atom stereocenters. The molecule has 0 unspecified atom stereocenters. The number of hydrogen-bond acceptors (Lipinski definition) is 5. The minimum absolute atomic E-state index is 0.00335. The summed E-state index contributed by atoms with van der Waals surface area (Å²) in [6, 6.07) is 13.2. The van der Waals surface area contributed by atoms with E-state index >= 15 is 0 Å². The van der Waals surface area contributed by atoms with E-state index in [0.29, 0.717) is 11.3 Å². The zero-order chi connectivity index (χ0) is 22.4. The number of esters is 1. The number of benzene rings is 2. The second-order valence-corrected chi connectivity index (χ2v) is 7.45. The third-order valence-electron chi connectivity index (χ3n) is 4.96. The summed E-state index contributed by atoms with van der Waals surface area (Å²) in [7, 11) is 1.49. The van der Waals surface area contributed by atoms with Gasteiger partial charge in [0.1, 0.15) is 5.58 Å². The van der Waals surface area contributed by atoms with Gasteiger partial charge in [-0.1, -0.05) is 36.8 Å². The van der Waals surface area contributed by atoms with Crippen LogP contribution in [0.15, 0.2) is 53.1 Å². The van der Waals surface area contributed by atoms with Crippen molar-refractivity contribution in [1.82, 2.24) is 4.90 Å². The van der Waals surface area contributed by atoms with E-state index in [2.05, 4.69) is 12.2 Å². The van der Waals surface area contributed by atoms with Gasteiger partial charge in [0.2, 0.25) is 5.91 Å². The zero-order valence-corrected chi connectivity index (χ0v) is 17.9. The van der Waals surface area contributed by atoms with Crippen LogP contribution in [0.2, 0.25) is 0 Å². The molecule has 3 aromatic rings. The fourth-order valence-electron chi connectivity index (χ4n) is 3.08. The summed E-state index contributed by atoms with van der Waals surface area (Å²) in [5.41, 5.74) is 4.32. The van der Waals surface area contributed by atoms with Crippen molar-refractivity contribution >= 4 is 34.4 Å². The van der Waals surface area contributed by atoms with Gasteiger partial charge < -0.3 is 19.4 Å². The summed E-state index contributed by atoms with van der Waals surface area (Å²) >= 11 is 0. The number of amides is 2. The van der Waals surface area contributed by atoms with E-state index in [-0.39, 0.29) is 18.9 Å². The summed E-state index contributed by atoms with van der Waals surface area (Å²) in [6.45, 7) is 3.44. The molecule has 7 nitrogen and oxygen atoms in total. The maximum absolute atomic E-state index is 12.2. The highest BCUT2D eigenvalue weighted by Crippen LogP contribution is 2.23. The first-order valence-corrected chi connectivity index (χ1v) is 10.1. The molecule has 0 aliphatic carbocycles. The molecule has 0 fully saturated rings. The number of rotatable bonds is 8. The monoisotopic (exact) mass is 422 g/mol. The molecule has 1 aromatic heterocycles. The van der Waals surface area contributed by atoms with Crippen LogP contribution < -0.4 is 5.32 Å². The molecule has 0 spiro atoms. The molecule has 3 rings (SSSR count). The molecule has 0 aliphatic heterocycles. The summed E-state index contributed by atoms with van der Waals surface area (Å²) in [5.74, 6) is -1.33. The largest absolute Gasteiger partial charge is 0.464 e. The Morgan fingerprint density at radius 1 is 1.10 bits per heavy atom. The van der Waals surface area contributed by atoms with Crippen molar-refractivity contribution in [2.24, 2.45) is 0 Å². The van der Waals surface area contributed by atoms with Crippen LogP contribution in [-0.2, 0) is 32.0 Å². The molecule has 1 heterocycles. The first-order chi connectivity index (χ1) is 14.9. The number of ether oxygens (including phenoxy) is 1. The molecule has 162 valence electrons. The summed E-state index contributed by atoms with van der Waals surface area (Å²) in [4.78, 5) is 37.7. The normalized spacial score (nSPS) is 10.7. The van der Waals surface area contributed by atoms with Crippen LogP contribution in [-0.4, -0.2) is 42.9 Å². The third kappa shape index (κ3) is 5.94. The van der Waals surface area contributed by atoms with Crippen LogP contribution in [0.3, 0.4) is 0 Å². The topological polar surface area (TPSA) is 88.9 Å². The van der Waals surface area contributed by atoms with E-state index in [0.717, 1.165) is 28.5 Å². The van der Waals surface area contributed by atoms with E-state index in [1.165, 1.54) is 18.2 Å². The van der Waals surface area contributed by atoms with Crippen LogP contribution in [0.5, 0.6) is 0 Å². The molecule has 1 N–H and O–H groups in total. The highest BCUT2D eigenvalue weighted by molar-refractivity contribution is 5.95. The van der Waals surface area contributed by atoms with Crippen molar-refractivity contribution in [2.45, 2.75) is 26.7 Å². The first-order valence-electron chi connectivity index (χ1n) is 10.1. The van der Waals surface area contributed by atoms with E-state index in [1.807, 2.05) is 37.3 Å². The molecule has 31 heavy (non-hydrogen) atoms. The maximum Gasteiger partial charge on any atom is 0.310 e. The zero-order valence-electron chi connectivity index (χ0n) is 17.9. The maximum atomic E-state index is 12.2. The highest BCUT2D eigenvalue weighted by Gasteiger charge is 2.17. The fourth-order valence-corrected chi connectivity index (χ4v) is 3.08. The number of nitrogens with one attached hydrogen (secondary N) is 1. The lowest BCUT2D eigenvalue weighted by atomic mass is 10.1. The number of anilines is 1. The molecular weight excluding hydrogens is 396 g/mol. The van der Waals surface area contributed by atoms with Crippen molar-refractivity contribution in [1.29, 1.82) is 0 Å². The Bertz CT molecular complexity index is 1090. The summed E-state index contributed by atoms with van der Waals surface area (Å²) < 4.78 is 10.6. The molecular formula is C24H26N2O5. The van der Waals surface area contributed by atoms with Gasteiger partial charge >= 0.3 is 5.97 Å². The van der Waals surface area contributed by atoms with Gasteiger partial charge in [0.25, 0.3) is 5.91 Å². The number of likely N-dealkylation sites (N-methyl/N-ethyl adjacent to an activating group) is 1. The lowest BCUT2D eigenvalue weighted by Gasteiger charge is -2.16. The van der Waals surface area contributed by atoms with Crippen molar-refractivity contribution in [3.05, 3.63) is 65.4 Å². The quantitative estimate of drug-likeness (QED) is 0.562. The van der Waals surface area contributed by atoms with Crippen molar-refractivity contribution in [3.63, 3.8) is 0 Å². The first kappa shape index (κ1) is 22.1. The average Bonchev–Trinajstić information content (AvgIpc) is 3.15. The van der Waals surface area contributed by atoms with Gasteiger partial charge in [-0.15, -0.1) is 0 Å². The number of aryl methyl sites for hydroxylation is 2. The van der Waals surface area contributed by atoms with Gasteiger partial charge in [-0.25, -0.2) is 0 Å². The molecule has 2 aromatic carbocycles. The van der Waals surface area contributed by atoms with E-state index in [9.17, 15) is 14.4 Å². The fraction of sp³-hybridized carbons (Fsp3) is 0.292. The molecule has 7 heteroatoms. The van der Waals surface area contributed by atoms with Gasteiger partial charge in [0.15, 0.2) is 6.61 Å². The molecule has 0 saturated heterocycles. The van der Waals surface area contributed by atoms with Crippen molar-refractivity contribution < 1.29 is 23.5 Å². The Morgan fingerprint density at radius 3 is 2.55 bits per heavy atom. The predicted octanol–water partition coefficient (Wildman–Crippen LogP) is 3.49. The summed E-state index contributed by atoms with van der Waals surface area (Å²) in [6.07, 6.45) is 2.44. The standard InChI is InChI=1S/C24H26N2O5/c1-4-17-7-10-20-18(14-30-21(20)11-17)12-24(29)31-15-23(28)26(3)13-22(27)25-19-8-5-16(2)6-9-19/h5-11,14H,4,12-13,15H2,1-3H3,(H,25,27). The molecule has 0 saturated carbocycles. The number of carbonyl (C=O) groups excluding carboxylic acids is 3. The van der Waals surface area contributed by atoms with Gasteiger partial charge in [-0.05, 0) is 37.1 Å². The highest BCUT2D eigenvalue weighted by atomic mass is 16.5. The minimum atomic E-state index is -0.534. The number of furan rings is 1. The second kappa shape index (κ2) is 9.93. The Morgan fingerprint density at radius 2 is 1.84 bits per heavy atom. The molecule has 2 amide bonds. The Kier molecular flexibility index (Phi) is 7.07. The van der Waals surface area contributed by atoms with Crippen LogP contribution >= 0.6 is 0 Å². The number of nitrogens with zero attached hydrogens (tertiary/aromatic N) is 1. The van der Waals surface area contributed by atoms with Crippen LogP contribution in [0.4, 0.5) is 5.69 Å². The van der Waals surface area contributed by atoms with Gasteiger partial charge in [0, 0.05) is 23.7 Å². The van der Waals surface area contributed by atoms with Crippen LogP contribution in [0.25, 0.3) is 11.0 Å². The average molecular weight is 422 g/mol. The molecule has 0 aliphatic rings. The summed E-state index contributed by atoms with van der Waals surface area (Å²) in [5, 5.41) is 3.58. The Labute approximate surface area is 181 Å². The van der Waals surface area contributed by atoms with E-state index < -0.39 is 18.5 Å². The Balaban J connectivity index is 1.46. The van der Waals surface area contributed by atoms with E-state index in [4.69, 9.17) is 9.15 Å². The lowest BCUT2D eigenvalue weighted by molar-refractivity contribution is -0.151. The second-order valence-electron chi connectivity index (χ2n) is 7.45. The number of hydrogen-bond donors (Lipinski definition) is 1. The van der Waals surface area contributed by atoms with Crippen LogP contribution in [0, 0.1) is 6.92 Å². The SMILES string of the molecule is CCc1ccc2c(CC(=O)OCC(=O)N(C)CC(=O)Nc3ccc(C)cc3)coc2c1. The van der Waals surface area contributed by atoms with Gasteiger partial charge in [0.05, 0.1) is 19.2 Å². The number of carbonyl (C=O) groups is 3. The lowest BCUT2D eigenvalue weighted by Crippen LogP contribution is -2.37. The number of fused-ring (bicyclic) bond motifs is 1. The third-order valence-corrected chi connectivity index (χ3v) is 4.96. The van der Waals surface area contributed by atoms with Gasteiger partial charge in [-0.2, -0.15) is 0 Å².